The van der Waals surface area contributed by atoms with Gasteiger partial charge in [0.25, 0.3) is 5.91 Å². The van der Waals surface area contributed by atoms with Crippen LogP contribution in [0.5, 0.6) is 11.5 Å². The molecule has 0 spiro atoms. The van der Waals surface area contributed by atoms with Crippen molar-refractivity contribution in [3.05, 3.63) is 52.9 Å². The predicted octanol–water partition coefficient (Wildman–Crippen LogP) is 4.34. The molecule has 7 heteroatoms. The number of carbonyl (C=O) groups excluding carboxylic acids is 1. The van der Waals surface area contributed by atoms with Crippen LogP contribution in [0.1, 0.15) is 5.56 Å². The van der Waals surface area contributed by atoms with Crippen LogP contribution >= 0.6 is 35.7 Å². The lowest BCUT2D eigenvalue weighted by atomic mass is 10.2. The molecule has 1 heterocycles. The average molecular weight is 390 g/mol. The highest BCUT2D eigenvalue weighted by atomic mass is 32.2. The Morgan fingerprint density at radius 1 is 1.12 bits per heavy atom. The Morgan fingerprint density at radius 2 is 1.92 bits per heavy atom. The van der Waals surface area contributed by atoms with Crippen molar-refractivity contribution in [2.45, 2.75) is 9.79 Å². The summed E-state index contributed by atoms with van der Waals surface area (Å²) >= 11 is 7.87. The van der Waals surface area contributed by atoms with Crippen molar-refractivity contribution in [3.63, 3.8) is 0 Å². The second-order valence-electron chi connectivity index (χ2n) is 5.01. The molecule has 1 fully saturated rings. The van der Waals surface area contributed by atoms with Crippen LogP contribution in [0.2, 0.25) is 0 Å². The van der Waals surface area contributed by atoms with Crippen LogP contribution in [0, 0.1) is 0 Å². The Hall–Kier alpha value is -1.96. The van der Waals surface area contributed by atoms with Crippen molar-refractivity contribution in [1.82, 2.24) is 5.32 Å². The van der Waals surface area contributed by atoms with Gasteiger partial charge in [0, 0.05) is 4.90 Å². The van der Waals surface area contributed by atoms with Gasteiger partial charge in [-0.1, -0.05) is 53.9 Å². The number of amides is 1. The number of carbonyl (C=O) groups is 1. The Balaban J connectivity index is 1.96. The summed E-state index contributed by atoms with van der Waals surface area (Å²) in [6, 6.07) is 13.5. The maximum atomic E-state index is 11.9. The number of rotatable bonds is 5. The highest BCUT2D eigenvalue weighted by Gasteiger charge is 2.22. The van der Waals surface area contributed by atoms with Crippen LogP contribution in [0.3, 0.4) is 0 Å². The third kappa shape index (κ3) is 4.18. The van der Waals surface area contributed by atoms with Gasteiger partial charge in [-0.05, 0) is 35.9 Å². The monoisotopic (exact) mass is 389 g/mol. The topological polar surface area (TPSA) is 47.6 Å². The maximum absolute atomic E-state index is 11.9. The Kier molecular flexibility index (Phi) is 5.67. The lowest BCUT2D eigenvalue weighted by Gasteiger charge is -2.11. The summed E-state index contributed by atoms with van der Waals surface area (Å²) in [5.74, 6) is 1.37. The lowest BCUT2D eigenvalue weighted by Crippen LogP contribution is -2.17. The summed E-state index contributed by atoms with van der Waals surface area (Å²) in [5.41, 5.74) is 0.944. The van der Waals surface area contributed by atoms with E-state index in [1.54, 1.807) is 26.0 Å². The minimum atomic E-state index is -0.159. The molecule has 1 N–H and O–H groups in total. The zero-order valence-electron chi connectivity index (χ0n) is 13.6. The van der Waals surface area contributed by atoms with Gasteiger partial charge in [-0.3, -0.25) is 4.79 Å². The van der Waals surface area contributed by atoms with Crippen molar-refractivity contribution in [2.24, 2.45) is 0 Å². The molecular formula is C18H15NO3S3. The van der Waals surface area contributed by atoms with Gasteiger partial charge in [-0.25, -0.2) is 0 Å². The number of thiocarbonyl (C=S) groups is 1. The number of thioether (sulfide) groups is 1. The predicted molar refractivity (Wildman–Crippen MR) is 106 cm³/mol. The summed E-state index contributed by atoms with van der Waals surface area (Å²) in [6.45, 7) is 0. The van der Waals surface area contributed by atoms with E-state index in [-0.39, 0.29) is 5.91 Å². The Morgan fingerprint density at radius 3 is 2.60 bits per heavy atom. The zero-order chi connectivity index (χ0) is 17.8. The molecule has 2 aromatic carbocycles. The summed E-state index contributed by atoms with van der Waals surface area (Å²) in [6.07, 6.45) is 1.86. The van der Waals surface area contributed by atoms with Gasteiger partial charge in [0.2, 0.25) is 0 Å². The van der Waals surface area contributed by atoms with Crippen molar-refractivity contribution >= 4 is 52.0 Å². The van der Waals surface area contributed by atoms with Gasteiger partial charge in [-0.2, -0.15) is 0 Å². The smallest absolute Gasteiger partial charge is 0.263 e. The number of methoxy groups -OCH3 is 2. The van der Waals surface area contributed by atoms with Crippen LogP contribution in [-0.4, -0.2) is 24.4 Å². The molecule has 0 aromatic heterocycles. The van der Waals surface area contributed by atoms with E-state index in [0.29, 0.717) is 9.23 Å². The molecule has 0 aliphatic carbocycles. The third-order valence-corrected chi connectivity index (χ3v) is 5.73. The van der Waals surface area contributed by atoms with E-state index in [0.717, 1.165) is 26.9 Å². The highest BCUT2D eigenvalue weighted by molar-refractivity contribution is 8.26. The molecule has 0 atom stereocenters. The lowest BCUT2D eigenvalue weighted by molar-refractivity contribution is -0.115. The summed E-state index contributed by atoms with van der Waals surface area (Å²) in [5, 5.41) is 2.63. The molecule has 1 amide bonds. The van der Waals surface area contributed by atoms with E-state index >= 15 is 0 Å². The molecule has 3 rings (SSSR count). The quantitative estimate of drug-likeness (QED) is 0.606. The number of ether oxygens (including phenoxy) is 2. The normalized spacial score (nSPS) is 15.4. The third-order valence-electron chi connectivity index (χ3n) is 3.44. The van der Waals surface area contributed by atoms with Crippen LogP contribution in [0.25, 0.3) is 6.08 Å². The fourth-order valence-electron chi connectivity index (χ4n) is 2.24. The molecule has 1 saturated heterocycles. The molecule has 0 bridgehead atoms. The summed E-state index contributed by atoms with van der Waals surface area (Å²) in [4.78, 5) is 14.4. The van der Waals surface area contributed by atoms with Crippen LogP contribution in [0.4, 0.5) is 0 Å². The SMILES string of the molecule is COc1ccc(OC)c(Sc2ccccc2C=C2SC(=S)NC2=O)c1. The van der Waals surface area contributed by atoms with E-state index in [9.17, 15) is 4.79 Å². The molecule has 128 valence electrons. The van der Waals surface area contributed by atoms with Crippen molar-refractivity contribution in [2.75, 3.05) is 14.2 Å². The first kappa shape index (κ1) is 17.8. The Labute approximate surface area is 160 Å². The molecule has 1 aliphatic rings. The maximum Gasteiger partial charge on any atom is 0.263 e. The number of hydrogen-bond acceptors (Lipinski definition) is 6. The molecule has 0 radical (unpaired) electrons. The van der Waals surface area contributed by atoms with Crippen LogP contribution in [-0.2, 0) is 4.79 Å². The fraction of sp³-hybridized carbons (Fsp3) is 0.111. The summed E-state index contributed by atoms with van der Waals surface area (Å²) < 4.78 is 11.2. The van der Waals surface area contributed by atoms with Gasteiger partial charge in [0.1, 0.15) is 15.8 Å². The van der Waals surface area contributed by atoms with Gasteiger partial charge < -0.3 is 14.8 Å². The van der Waals surface area contributed by atoms with Crippen LogP contribution in [0.15, 0.2) is 57.2 Å². The van der Waals surface area contributed by atoms with E-state index < -0.39 is 0 Å². The largest absolute Gasteiger partial charge is 0.497 e. The van der Waals surface area contributed by atoms with Crippen molar-refractivity contribution < 1.29 is 14.3 Å². The molecular weight excluding hydrogens is 374 g/mol. The minimum Gasteiger partial charge on any atom is -0.497 e. The molecule has 0 unspecified atom stereocenters. The van der Waals surface area contributed by atoms with Gasteiger partial charge in [0.05, 0.1) is 24.0 Å². The van der Waals surface area contributed by atoms with Gasteiger partial charge in [-0.15, -0.1) is 0 Å². The number of nitrogens with one attached hydrogen (secondary N) is 1. The number of benzene rings is 2. The molecule has 2 aromatic rings. The molecule has 1 aliphatic heterocycles. The van der Waals surface area contributed by atoms with Crippen molar-refractivity contribution in [3.8, 4) is 11.5 Å². The minimum absolute atomic E-state index is 0.159. The van der Waals surface area contributed by atoms with Gasteiger partial charge >= 0.3 is 0 Å². The molecule has 25 heavy (non-hydrogen) atoms. The fourth-order valence-corrected chi connectivity index (χ4v) is 4.33. The van der Waals surface area contributed by atoms with Crippen LogP contribution < -0.4 is 14.8 Å². The average Bonchev–Trinajstić information content (AvgIpc) is 2.93. The first-order chi connectivity index (χ1) is 12.1. The van der Waals surface area contributed by atoms with E-state index in [4.69, 9.17) is 21.7 Å². The first-order valence-electron chi connectivity index (χ1n) is 7.34. The van der Waals surface area contributed by atoms with Gasteiger partial charge in [0.15, 0.2) is 0 Å². The standard InChI is InChI=1S/C18H15NO3S3/c1-21-12-7-8-13(22-2)15(10-12)24-14-6-4-3-5-11(14)9-16-17(20)19-18(23)25-16/h3-10H,1-2H3,(H,19,20,23). The Bertz CT molecular complexity index is 864. The van der Waals surface area contributed by atoms with E-state index in [2.05, 4.69) is 5.32 Å². The van der Waals surface area contributed by atoms with E-state index in [1.807, 2.05) is 48.5 Å². The van der Waals surface area contributed by atoms with Crippen molar-refractivity contribution in [1.29, 1.82) is 0 Å². The zero-order valence-corrected chi connectivity index (χ0v) is 16.0. The molecule has 4 nitrogen and oxygen atoms in total. The second-order valence-corrected chi connectivity index (χ2v) is 7.81. The second kappa shape index (κ2) is 7.95. The number of hydrogen-bond donors (Lipinski definition) is 1. The highest BCUT2D eigenvalue weighted by Crippen LogP contribution is 2.39. The summed E-state index contributed by atoms with van der Waals surface area (Å²) in [7, 11) is 3.27. The molecule has 0 saturated carbocycles. The first-order valence-corrected chi connectivity index (χ1v) is 9.38. The van der Waals surface area contributed by atoms with E-state index in [1.165, 1.54) is 11.8 Å².